The van der Waals surface area contributed by atoms with Crippen LogP contribution >= 0.6 is 0 Å². The molecule has 3 heterocycles. The van der Waals surface area contributed by atoms with Gasteiger partial charge in [0.15, 0.2) is 11.2 Å². The number of hydrazone groups is 1. The van der Waals surface area contributed by atoms with Crippen LogP contribution in [-0.2, 0) is 20.1 Å². The van der Waals surface area contributed by atoms with Crippen molar-refractivity contribution in [3.63, 3.8) is 0 Å². The number of hydrogen-bond acceptors (Lipinski definition) is 5. The number of imidazole rings is 1. The molecule has 0 aliphatic carbocycles. The summed E-state index contributed by atoms with van der Waals surface area (Å²) in [6.07, 6.45) is 1.53. The summed E-state index contributed by atoms with van der Waals surface area (Å²) in [6.45, 7) is 12.4. The Labute approximate surface area is 138 Å². The molecule has 0 amide bonds. The molecule has 0 aromatic carbocycles. The van der Waals surface area contributed by atoms with E-state index in [1.165, 1.54) is 10.6 Å². The first-order valence-corrected chi connectivity index (χ1v) is 7.62. The third kappa shape index (κ3) is 2.31. The highest BCUT2D eigenvalue weighted by Gasteiger charge is 2.26. The molecule has 0 bridgehead atoms. The number of anilines is 1. The van der Waals surface area contributed by atoms with Gasteiger partial charge in [-0.05, 0) is 13.8 Å². The van der Waals surface area contributed by atoms with Crippen LogP contribution in [0.4, 0.5) is 5.95 Å². The summed E-state index contributed by atoms with van der Waals surface area (Å²) in [5, 5.41) is 6.20. The summed E-state index contributed by atoms with van der Waals surface area (Å²) < 4.78 is 4.36. The molecule has 0 radical (unpaired) electrons. The molecule has 0 saturated carbocycles. The van der Waals surface area contributed by atoms with Gasteiger partial charge >= 0.3 is 5.69 Å². The largest absolute Gasteiger partial charge is 0.332 e. The van der Waals surface area contributed by atoms with Gasteiger partial charge in [0.05, 0.1) is 18.8 Å². The molecule has 0 fully saturated rings. The molecule has 24 heavy (non-hydrogen) atoms. The summed E-state index contributed by atoms with van der Waals surface area (Å²) in [5.41, 5.74) is 1.76. The van der Waals surface area contributed by atoms with Crippen LogP contribution in [0.5, 0.6) is 0 Å². The van der Waals surface area contributed by atoms with Crippen molar-refractivity contribution in [2.75, 3.05) is 11.6 Å². The summed E-state index contributed by atoms with van der Waals surface area (Å²) >= 11 is 0. The zero-order chi connectivity index (χ0) is 17.6. The van der Waals surface area contributed by atoms with Crippen molar-refractivity contribution in [3.05, 3.63) is 45.6 Å². The number of fused-ring (bicyclic) bond motifs is 3. The normalized spacial score (nSPS) is 13.8. The molecule has 8 heteroatoms. The predicted molar refractivity (Wildman–Crippen MR) is 94.7 cm³/mol. The van der Waals surface area contributed by atoms with Crippen molar-refractivity contribution in [2.24, 2.45) is 12.1 Å². The zero-order valence-electron chi connectivity index (χ0n) is 14.1. The molecule has 0 spiro atoms. The lowest BCUT2D eigenvalue weighted by molar-refractivity contribution is 0.663. The van der Waals surface area contributed by atoms with Gasteiger partial charge in [0.25, 0.3) is 5.56 Å². The van der Waals surface area contributed by atoms with E-state index in [0.717, 1.165) is 15.9 Å². The fraction of sp³-hybridized carbons (Fsp3) is 0.375. The van der Waals surface area contributed by atoms with E-state index in [2.05, 4.69) is 23.2 Å². The Morgan fingerprint density at radius 2 is 2.08 bits per heavy atom. The van der Waals surface area contributed by atoms with Crippen molar-refractivity contribution < 1.29 is 0 Å². The first kappa shape index (κ1) is 16.0. The summed E-state index contributed by atoms with van der Waals surface area (Å²) in [7, 11) is 1.61. The quantitative estimate of drug-likeness (QED) is 0.780. The number of hydrogen-bond donors (Lipinski definition) is 0. The number of rotatable bonds is 4. The average Bonchev–Trinajstić information content (AvgIpc) is 2.88. The lowest BCUT2D eigenvalue weighted by Gasteiger charge is -2.24. The van der Waals surface area contributed by atoms with Gasteiger partial charge in [-0.3, -0.25) is 18.5 Å². The second-order valence-electron chi connectivity index (χ2n) is 6.07. The molecule has 0 saturated heterocycles. The Balaban J connectivity index is 2.36. The van der Waals surface area contributed by atoms with E-state index in [9.17, 15) is 9.59 Å². The van der Waals surface area contributed by atoms with Gasteiger partial charge in [-0.15, -0.1) is 6.58 Å². The Kier molecular flexibility index (Phi) is 3.75. The van der Waals surface area contributed by atoms with Crippen molar-refractivity contribution in [1.29, 1.82) is 0 Å². The van der Waals surface area contributed by atoms with E-state index in [1.54, 1.807) is 12.1 Å². The van der Waals surface area contributed by atoms with E-state index < -0.39 is 5.69 Å². The Bertz CT molecular complexity index is 1000. The predicted octanol–water partition coefficient (Wildman–Crippen LogP) is 0.855. The van der Waals surface area contributed by atoms with Gasteiger partial charge in [-0.2, -0.15) is 10.1 Å². The van der Waals surface area contributed by atoms with E-state index >= 15 is 0 Å². The monoisotopic (exact) mass is 328 g/mol. The Hall–Kier alpha value is -2.90. The molecular formula is C16H20N6O2. The molecule has 2 aromatic rings. The van der Waals surface area contributed by atoms with Crippen molar-refractivity contribution in [2.45, 2.75) is 26.9 Å². The van der Waals surface area contributed by atoms with Crippen LogP contribution in [0, 0.1) is 0 Å². The smallest absolute Gasteiger partial charge is 0.297 e. The molecule has 126 valence electrons. The topological polar surface area (TPSA) is 77.4 Å². The number of nitrogens with zero attached hydrogens (tertiary/aromatic N) is 6. The maximum Gasteiger partial charge on any atom is 0.332 e. The SMILES string of the molecule is C=CCn1c(=O)c2c(nc3n2CC(C)=NN3CC(=C)C)n(C)c1=O. The first-order chi connectivity index (χ1) is 11.3. The van der Waals surface area contributed by atoms with Crippen LogP contribution in [0.2, 0.25) is 0 Å². The molecule has 1 aliphatic heterocycles. The molecule has 8 nitrogen and oxygen atoms in total. The van der Waals surface area contributed by atoms with Gasteiger partial charge < -0.3 is 0 Å². The van der Waals surface area contributed by atoms with Crippen LogP contribution in [0.15, 0.2) is 39.5 Å². The number of allylic oxidation sites excluding steroid dienone is 1. The van der Waals surface area contributed by atoms with Gasteiger partial charge in [-0.25, -0.2) is 9.80 Å². The lowest BCUT2D eigenvalue weighted by Crippen LogP contribution is -2.39. The molecule has 3 rings (SSSR count). The zero-order valence-corrected chi connectivity index (χ0v) is 14.1. The van der Waals surface area contributed by atoms with Crippen LogP contribution in [0.25, 0.3) is 11.2 Å². The maximum atomic E-state index is 12.8. The van der Waals surface area contributed by atoms with Crippen molar-refractivity contribution >= 4 is 22.8 Å². The third-order valence-electron chi connectivity index (χ3n) is 3.85. The minimum absolute atomic E-state index is 0.157. The summed E-state index contributed by atoms with van der Waals surface area (Å²) in [4.78, 5) is 29.7. The highest BCUT2D eigenvalue weighted by atomic mass is 16.2. The average molecular weight is 328 g/mol. The van der Waals surface area contributed by atoms with E-state index in [0.29, 0.717) is 30.2 Å². The fourth-order valence-corrected chi connectivity index (χ4v) is 2.87. The van der Waals surface area contributed by atoms with E-state index in [-0.39, 0.29) is 12.1 Å². The second kappa shape index (κ2) is 5.63. The second-order valence-corrected chi connectivity index (χ2v) is 6.07. The highest BCUT2D eigenvalue weighted by molar-refractivity contribution is 5.87. The summed E-state index contributed by atoms with van der Waals surface area (Å²) in [5.74, 6) is 0.544. The minimum atomic E-state index is -0.410. The van der Waals surface area contributed by atoms with Crippen LogP contribution in [0.3, 0.4) is 0 Å². The lowest BCUT2D eigenvalue weighted by atomic mass is 10.3. The molecule has 1 aliphatic rings. The fourth-order valence-electron chi connectivity index (χ4n) is 2.87. The maximum absolute atomic E-state index is 12.8. The van der Waals surface area contributed by atoms with Crippen LogP contribution in [-0.4, -0.2) is 30.9 Å². The van der Waals surface area contributed by atoms with Crippen LogP contribution < -0.4 is 16.3 Å². The standard InChI is InChI=1S/C16H20N6O2/c1-6-7-20-14(23)12-13(19(5)16(20)24)17-15-21(12)9-11(4)18-22(15)8-10(2)3/h6H,1-2,7-9H2,3-5H3. The highest BCUT2D eigenvalue weighted by Crippen LogP contribution is 2.24. The molecule has 0 unspecified atom stereocenters. The molecule has 0 atom stereocenters. The third-order valence-corrected chi connectivity index (χ3v) is 3.85. The molecule has 0 N–H and O–H groups in total. The van der Waals surface area contributed by atoms with Gasteiger partial charge in [-0.1, -0.05) is 18.2 Å². The van der Waals surface area contributed by atoms with E-state index in [1.807, 2.05) is 18.4 Å². The minimum Gasteiger partial charge on any atom is -0.297 e. The Morgan fingerprint density at radius 3 is 2.71 bits per heavy atom. The number of aryl methyl sites for hydroxylation is 1. The van der Waals surface area contributed by atoms with E-state index in [4.69, 9.17) is 0 Å². The first-order valence-electron chi connectivity index (χ1n) is 7.62. The van der Waals surface area contributed by atoms with Crippen molar-refractivity contribution in [3.8, 4) is 0 Å². The molecule has 2 aromatic heterocycles. The molecular weight excluding hydrogens is 308 g/mol. The van der Waals surface area contributed by atoms with Gasteiger partial charge in [0.2, 0.25) is 5.95 Å². The number of aromatic nitrogens is 4. The van der Waals surface area contributed by atoms with Crippen LogP contribution in [0.1, 0.15) is 13.8 Å². The van der Waals surface area contributed by atoms with Gasteiger partial charge in [0, 0.05) is 13.6 Å². The Morgan fingerprint density at radius 1 is 1.38 bits per heavy atom. The van der Waals surface area contributed by atoms with Crippen molar-refractivity contribution in [1.82, 2.24) is 18.7 Å². The summed E-state index contributed by atoms with van der Waals surface area (Å²) in [6, 6.07) is 0. The van der Waals surface area contributed by atoms with Gasteiger partial charge in [0.1, 0.15) is 0 Å².